The molecule has 1 aliphatic carbocycles. The zero-order chi connectivity index (χ0) is 15.3. The largest absolute Gasteiger partial charge is 0.466 e. The van der Waals surface area contributed by atoms with Crippen LogP contribution in [0.2, 0.25) is 0 Å². The van der Waals surface area contributed by atoms with Crippen LogP contribution in [0.4, 0.5) is 4.79 Å². The van der Waals surface area contributed by atoms with Crippen LogP contribution >= 0.6 is 0 Å². The van der Waals surface area contributed by atoms with Gasteiger partial charge < -0.3 is 19.9 Å². The van der Waals surface area contributed by atoms with E-state index in [1.165, 1.54) is 0 Å². The first-order valence-electron chi connectivity index (χ1n) is 7.09. The van der Waals surface area contributed by atoms with Gasteiger partial charge in [-0.05, 0) is 47.0 Å². The maximum Gasteiger partial charge on any atom is 0.407 e. The fourth-order valence-corrected chi connectivity index (χ4v) is 2.33. The summed E-state index contributed by atoms with van der Waals surface area (Å²) < 4.78 is 10.2. The Labute approximate surface area is 119 Å². The molecular formula is C14H25NO5. The predicted octanol–water partition coefficient (Wildman–Crippen LogP) is 1.60. The second-order valence-electron chi connectivity index (χ2n) is 6.03. The van der Waals surface area contributed by atoms with E-state index < -0.39 is 29.8 Å². The van der Waals surface area contributed by atoms with E-state index in [4.69, 9.17) is 9.47 Å². The molecule has 20 heavy (non-hydrogen) atoms. The van der Waals surface area contributed by atoms with Crippen molar-refractivity contribution in [2.75, 3.05) is 6.61 Å². The van der Waals surface area contributed by atoms with Gasteiger partial charge in [-0.3, -0.25) is 4.79 Å². The van der Waals surface area contributed by atoms with Crippen molar-refractivity contribution >= 4 is 12.1 Å². The maximum absolute atomic E-state index is 11.9. The summed E-state index contributed by atoms with van der Waals surface area (Å²) in [6.07, 6.45) is 0.493. The van der Waals surface area contributed by atoms with Crippen molar-refractivity contribution in [2.45, 2.75) is 64.7 Å². The van der Waals surface area contributed by atoms with E-state index in [2.05, 4.69) is 5.32 Å². The molecule has 6 nitrogen and oxygen atoms in total. The molecule has 1 amide bonds. The Kier molecular flexibility index (Phi) is 5.80. The number of rotatable bonds is 3. The summed E-state index contributed by atoms with van der Waals surface area (Å²) >= 11 is 0. The zero-order valence-corrected chi connectivity index (χ0v) is 12.6. The van der Waals surface area contributed by atoms with Crippen LogP contribution in [0.15, 0.2) is 0 Å². The number of alkyl carbamates (subject to hydrolysis) is 1. The van der Waals surface area contributed by atoms with Gasteiger partial charge in [0.1, 0.15) is 5.60 Å². The second-order valence-corrected chi connectivity index (χ2v) is 6.03. The highest BCUT2D eigenvalue weighted by molar-refractivity contribution is 5.75. The van der Waals surface area contributed by atoms with Crippen LogP contribution in [0.3, 0.4) is 0 Å². The predicted molar refractivity (Wildman–Crippen MR) is 73.1 cm³/mol. The summed E-state index contributed by atoms with van der Waals surface area (Å²) in [5.41, 5.74) is -0.622. The lowest BCUT2D eigenvalue weighted by atomic mass is 9.82. The summed E-state index contributed by atoms with van der Waals surface area (Å²) in [7, 11) is 0. The first-order valence-corrected chi connectivity index (χ1v) is 7.09. The van der Waals surface area contributed by atoms with Crippen molar-refractivity contribution in [3.63, 3.8) is 0 Å². The Hall–Kier alpha value is -1.30. The number of aliphatic hydroxyl groups excluding tert-OH is 1. The number of aliphatic hydroxyl groups is 1. The summed E-state index contributed by atoms with van der Waals surface area (Å²) in [5, 5.41) is 12.6. The van der Waals surface area contributed by atoms with E-state index in [-0.39, 0.29) is 12.6 Å². The van der Waals surface area contributed by atoms with Crippen LogP contribution in [-0.4, -0.2) is 41.5 Å². The van der Waals surface area contributed by atoms with Crippen LogP contribution in [0, 0.1) is 5.92 Å². The number of esters is 1. The topological polar surface area (TPSA) is 84.9 Å². The quantitative estimate of drug-likeness (QED) is 0.770. The van der Waals surface area contributed by atoms with Gasteiger partial charge in [-0.25, -0.2) is 4.79 Å². The lowest BCUT2D eigenvalue weighted by Gasteiger charge is -2.34. The molecule has 1 rings (SSSR count). The number of nitrogens with one attached hydrogen (secondary N) is 1. The highest BCUT2D eigenvalue weighted by atomic mass is 16.6. The fourth-order valence-electron chi connectivity index (χ4n) is 2.33. The lowest BCUT2D eigenvalue weighted by molar-refractivity contribution is -0.152. The van der Waals surface area contributed by atoms with Crippen molar-refractivity contribution in [3.8, 4) is 0 Å². The van der Waals surface area contributed by atoms with Crippen molar-refractivity contribution in [1.82, 2.24) is 5.32 Å². The minimum Gasteiger partial charge on any atom is -0.466 e. The molecule has 0 aromatic heterocycles. The van der Waals surface area contributed by atoms with Crippen LogP contribution in [0.5, 0.6) is 0 Å². The summed E-state index contributed by atoms with van der Waals surface area (Å²) in [5.74, 6) is -0.904. The van der Waals surface area contributed by atoms with Crippen molar-refractivity contribution < 1.29 is 24.2 Å². The van der Waals surface area contributed by atoms with Crippen LogP contribution < -0.4 is 5.32 Å². The van der Waals surface area contributed by atoms with Gasteiger partial charge >= 0.3 is 12.1 Å². The second kappa shape index (κ2) is 6.92. The first kappa shape index (κ1) is 16.8. The monoisotopic (exact) mass is 287 g/mol. The third-order valence-electron chi connectivity index (χ3n) is 3.14. The molecule has 6 heteroatoms. The number of hydrogen-bond donors (Lipinski definition) is 2. The number of ether oxygens (including phenoxy) is 2. The number of carbonyl (C=O) groups excluding carboxylic acids is 2. The van der Waals surface area contributed by atoms with Crippen LogP contribution in [0.25, 0.3) is 0 Å². The normalized spacial score (nSPS) is 26.8. The molecular weight excluding hydrogens is 262 g/mol. The van der Waals surface area contributed by atoms with Crippen molar-refractivity contribution in [3.05, 3.63) is 0 Å². The smallest absolute Gasteiger partial charge is 0.407 e. The molecule has 0 heterocycles. The van der Waals surface area contributed by atoms with Gasteiger partial charge in [0, 0.05) is 0 Å². The Morgan fingerprint density at radius 3 is 2.50 bits per heavy atom. The van der Waals surface area contributed by atoms with Crippen molar-refractivity contribution in [1.29, 1.82) is 0 Å². The molecule has 1 aliphatic rings. The lowest BCUT2D eigenvalue weighted by Crippen LogP contribution is -2.53. The average molecular weight is 287 g/mol. The third-order valence-corrected chi connectivity index (χ3v) is 3.14. The van der Waals surface area contributed by atoms with Gasteiger partial charge in [-0.15, -0.1) is 0 Å². The number of amides is 1. The Bertz CT molecular complexity index is 350. The van der Waals surface area contributed by atoms with Gasteiger partial charge in [-0.2, -0.15) is 0 Å². The molecule has 0 aromatic rings. The maximum atomic E-state index is 11.9. The third kappa shape index (κ3) is 5.00. The molecule has 3 atom stereocenters. The summed E-state index contributed by atoms with van der Waals surface area (Å²) in [4.78, 5) is 23.7. The van der Waals surface area contributed by atoms with E-state index in [9.17, 15) is 14.7 Å². The molecule has 1 fully saturated rings. The number of carbonyl (C=O) groups is 2. The SMILES string of the molecule is CCOC(=O)[C@@H]1CCC[C@H](O)[C@@H]1NC(=O)OC(C)(C)C. The minimum atomic E-state index is -0.759. The fraction of sp³-hybridized carbons (Fsp3) is 0.857. The van der Waals surface area contributed by atoms with Gasteiger partial charge in [0.05, 0.1) is 24.7 Å². The molecule has 2 N–H and O–H groups in total. The van der Waals surface area contributed by atoms with E-state index in [0.29, 0.717) is 12.8 Å². The standard InChI is InChI=1S/C14H25NO5/c1-5-19-12(17)9-7-6-8-10(16)11(9)15-13(18)20-14(2,3)4/h9-11,16H,5-8H2,1-4H3,(H,15,18)/t9-,10+,11-/m1/s1. The Morgan fingerprint density at radius 2 is 1.95 bits per heavy atom. The van der Waals surface area contributed by atoms with E-state index >= 15 is 0 Å². The molecule has 0 spiro atoms. The van der Waals surface area contributed by atoms with Gasteiger partial charge in [-0.1, -0.05) is 0 Å². The highest BCUT2D eigenvalue weighted by Gasteiger charge is 2.39. The Balaban J connectivity index is 2.70. The molecule has 0 aromatic carbocycles. The molecule has 1 saturated carbocycles. The van der Waals surface area contributed by atoms with Crippen LogP contribution in [-0.2, 0) is 14.3 Å². The van der Waals surface area contributed by atoms with Gasteiger partial charge in [0.15, 0.2) is 0 Å². The average Bonchev–Trinajstić information content (AvgIpc) is 2.29. The number of hydrogen-bond acceptors (Lipinski definition) is 5. The molecule has 116 valence electrons. The molecule has 0 saturated heterocycles. The first-order chi connectivity index (χ1) is 9.24. The minimum absolute atomic E-state index is 0.282. The summed E-state index contributed by atoms with van der Waals surface area (Å²) in [6, 6.07) is -0.655. The molecule has 0 unspecified atom stereocenters. The van der Waals surface area contributed by atoms with Crippen molar-refractivity contribution in [2.24, 2.45) is 5.92 Å². The van der Waals surface area contributed by atoms with E-state index in [1.54, 1.807) is 27.7 Å². The van der Waals surface area contributed by atoms with Gasteiger partial charge in [0.25, 0.3) is 0 Å². The molecule has 0 radical (unpaired) electrons. The zero-order valence-electron chi connectivity index (χ0n) is 12.6. The van der Waals surface area contributed by atoms with E-state index in [0.717, 1.165) is 6.42 Å². The van der Waals surface area contributed by atoms with E-state index in [1.807, 2.05) is 0 Å². The molecule has 0 bridgehead atoms. The molecule has 0 aliphatic heterocycles. The summed E-state index contributed by atoms with van der Waals surface area (Å²) in [6.45, 7) is 7.28. The Morgan fingerprint density at radius 1 is 1.30 bits per heavy atom. The highest BCUT2D eigenvalue weighted by Crippen LogP contribution is 2.26. The van der Waals surface area contributed by atoms with Gasteiger partial charge in [0.2, 0.25) is 0 Å². The van der Waals surface area contributed by atoms with Crippen LogP contribution in [0.1, 0.15) is 47.0 Å².